The molecule has 5 nitrogen and oxygen atoms in total. The molecule has 1 N–H and O–H groups in total. The Morgan fingerprint density at radius 1 is 1.23 bits per heavy atom. The van der Waals surface area contributed by atoms with Gasteiger partial charge in [-0.2, -0.15) is 4.99 Å². The molecule has 2 rings (SSSR count). The molecule has 0 bridgehead atoms. The topological polar surface area (TPSA) is 63.5 Å². The Hall–Kier alpha value is -2.21. The summed E-state index contributed by atoms with van der Waals surface area (Å²) < 4.78 is 1.73. The molecular weight excluding hydrogens is 298 g/mol. The number of hydrogen-bond donors (Lipinski definition) is 1. The Labute approximate surface area is 133 Å². The van der Waals surface area contributed by atoms with Gasteiger partial charge in [0.1, 0.15) is 6.04 Å². The lowest BCUT2D eigenvalue weighted by molar-refractivity contribution is -0.123. The van der Waals surface area contributed by atoms with Gasteiger partial charge in [0.2, 0.25) is 5.91 Å². The molecule has 2 amide bonds. The molecule has 1 unspecified atom stereocenters. The number of likely N-dealkylation sites (N-methyl/N-ethyl adjacent to an activating group) is 1. The van der Waals surface area contributed by atoms with E-state index in [1.165, 1.54) is 11.3 Å². The summed E-state index contributed by atoms with van der Waals surface area (Å²) in [7, 11) is 1.59. The number of carbonyl (C=O) groups excluding carboxylic acids is 2. The minimum Gasteiger partial charge on any atom is -0.357 e. The normalized spacial score (nSPS) is 13.0. The van der Waals surface area contributed by atoms with E-state index >= 15 is 0 Å². The first-order valence-electron chi connectivity index (χ1n) is 6.98. The largest absolute Gasteiger partial charge is 0.357 e. The van der Waals surface area contributed by atoms with Gasteiger partial charge in [-0.15, -0.1) is 11.3 Å². The fourth-order valence-corrected chi connectivity index (χ4v) is 2.91. The quantitative estimate of drug-likeness (QED) is 0.943. The first-order valence-corrected chi connectivity index (χ1v) is 7.80. The second kappa shape index (κ2) is 6.70. The summed E-state index contributed by atoms with van der Waals surface area (Å²) >= 11 is 1.39. The van der Waals surface area contributed by atoms with Crippen LogP contribution in [0, 0.1) is 13.8 Å². The van der Waals surface area contributed by atoms with E-state index in [1.807, 2.05) is 32.2 Å². The van der Waals surface area contributed by atoms with Gasteiger partial charge in [-0.25, -0.2) is 0 Å². The van der Waals surface area contributed by atoms with Crippen LogP contribution in [0.25, 0.3) is 0 Å². The van der Waals surface area contributed by atoms with Crippen LogP contribution in [0.5, 0.6) is 0 Å². The number of aromatic nitrogens is 1. The molecule has 1 heterocycles. The molecule has 0 aliphatic rings. The molecule has 22 heavy (non-hydrogen) atoms. The molecule has 0 aliphatic carbocycles. The van der Waals surface area contributed by atoms with E-state index in [0.29, 0.717) is 10.4 Å². The summed E-state index contributed by atoms with van der Waals surface area (Å²) in [6, 6.07) is 6.86. The Kier molecular flexibility index (Phi) is 4.92. The third kappa shape index (κ3) is 3.51. The number of benzene rings is 1. The first kappa shape index (κ1) is 16.2. The molecule has 1 aromatic carbocycles. The standard InChI is InChI=1S/C16H19N3O2S/c1-10-5-7-13(8-6-10)15(21)18-16-19(9-11(2)22-16)12(3)14(20)17-4/h5-9,12H,1-4H3,(H,17,20). The highest BCUT2D eigenvalue weighted by molar-refractivity contribution is 7.09. The molecule has 0 radical (unpaired) electrons. The van der Waals surface area contributed by atoms with Gasteiger partial charge in [0.25, 0.3) is 5.91 Å². The van der Waals surface area contributed by atoms with Crippen molar-refractivity contribution in [1.29, 1.82) is 0 Å². The fraction of sp³-hybridized carbons (Fsp3) is 0.312. The van der Waals surface area contributed by atoms with Crippen LogP contribution in [-0.2, 0) is 4.79 Å². The average Bonchev–Trinajstić information content (AvgIpc) is 2.86. The second-order valence-electron chi connectivity index (χ2n) is 5.10. The summed E-state index contributed by atoms with van der Waals surface area (Å²) in [5.74, 6) is -0.429. The summed E-state index contributed by atoms with van der Waals surface area (Å²) in [6.07, 6.45) is 1.84. The van der Waals surface area contributed by atoms with Gasteiger partial charge in [-0.1, -0.05) is 17.7 Å². The monoisotopic (exact) mass is 317 g/mol. The predicted octanol–water partition coefficient (Wildman–Crippen LogP) is 2.21. The SMILES string of the molecule is CNC(=O)C(C)n1cc(C)sc1=NC(=O)c1ccc(C)cc1. The highest BCUT2D eigenvalue weighted by Gasteiger charge is 2.16. The van der Waals surface area contributed by atoms with E-state index in [0.717, 1.165) is 10.4 Å². The van der Waals surface area contributed by atoms with Crippen LogP contribution in [0.1, 0.15) is 33.8 Å². The maximum Gasteiger partial charge on any atom is 0.279 e. The summed E-state index contributed by atoms with van der Waals surface area (Å²) in [6.45, 7) is 5.67. The number of hydrogen-bond acceptors (Lipinski definition) is 3. The van der Waals surface area contributed by atoms with Crippen molar-refractivity contribution in [2.24, 2.45) is 4.99 Å². The van der Waals surface area contributed by atoms with Crippen molar-refractivity contribution in [2.75, 3.05) is 7.05 Å². The van der Waals surface area contributed by atoms with Crippen LogP contribution >= 0.6 is 11.3 Å². The van der Waals surface area contributed by atoms with Crippen molar-refractivity contribution in [2.45, 2.75) is 26.8 Å². The molecule has 2 aromatic rings. The summed E-state index contributed by atoms with van der Waals surface area (Å²) in [5, 5.41) is 2.61. The second-order valence-corrected chi connectivity index (χ2v) is 6.32. The molecule has 6 heteroatoms. The van der Waals surface area contributed by atoms with Gasteiger partial charge < -0.3 is 9.88 Å². The lowest BCUT2D eigenvalue weighted by atomic mass is 10.1. The van der Waals surface area contributed by atoms with Gasteiger partial charge in [0, 0.05) is 23.7 Å². The molecule has 1 atom stereocenters. The van der Waals surface area contributed by atoms with Crippen LogP contribution in [-0.4, -0.2) is 23.4 Å². The van der Waals surface area contributed by atoms with E-state index in [9.17, 15) is 9.59 Å². The summed E-state index contributed by atoms with van der Waals surface area (Å²) in [4.78, 5) is 29.8. The number of carbonyl (C=O) groups is 2. The molecule has 0 saturated carbocycles. The van der Waals surface area contributed by atoms with Crippen molar-refractivity contribution in [1.82, 2.24) is 9.88 Å². The number of nitrogens with one attached hydrogen (secondary N) is 1. The number of nitrogens with zero attached hydrogens (tertiary/aromatic N) is 2. The van der Waals surface area contributed by atoms with Gasteiger partial charge in [0.05, 0.1) is 0 Å². The third-order valence-corrected chi connectivity index (χ3v) is 4.24. The first-order chi connectivity index (χ1) is 10.4. The molecule has 0 aliphatic heterocycles. The van der Waals surface area contributed by atoms with E-state index in [1.54, 1.807) is 30.7 Å². The van der Waals surface area contributed by atoms with Crippen LogP contribution in [0.4, 0.5) is 0 Å². The zero-order valence-electron chi connectivity index (χ0n) is 13.1. The van der Waals surface area contributed by atoms with Gasteiger partial charge in [-0.05, 0) is 32.9 Å². The highest BCUT2D eigenvalue weighted by Crippen LogP contribution is 2.10. The maximum atomic E-state index is 12.3. The van der Waals surface area contributed by atoms with Gasteiger partial charge in [0.15, 0.2) is 4.80 Å². The molecule has 0 spiro atoms. The highest BCUT2D eigenvalue weighted by atomic mass is 32.1. The third-order valence-electron chi connectivity index (χ3n) is 3.33. The Balaban J connectivity index is 2.41. The van der Waals surface area contributed by atoms with Gasteiger partial charge in [-0.3, -0.25) is 9.59 Å². The smallest absolute Gasteiger partial charge is 0.279 e. The number of thiazole rings is 1. The van der Waals surface area contributed by atoms with Crippen molar-refractivity contribution < 1.29 is 9.59 Å². The van der Waals surface area contributed by atoms with E-state index in [-0.39, 0.29) is 11.8 Å². The molecule has 116 valence electrons. The van der Waals surface area contributed by atoms with Crippen molar-refractivity contribution >= 4 is 23.2 Å². The van der Waals surface area contributed by atoms with Crippen molar-refractivity contribution in [3.63, 3.8) is 0 Å². The number of aryl methyl sites for hydroxylation is 2. The van der Waals surface area contributed by atoms with E-state index < -0.39 is 6.04 Å². The number of amides is 2. The van der Waals surface area contributed by atoms with E-state index in [4.69, 9.17) is 0 Å². The van der Waals surface area contributed by atoms with E-state index in [2.05, 4.69) is 10.3 Å². The van der Waals surface area contributed by atoms with Crippen molar-refractivity contribution in [3.05, 3.63) is 51.3 Å². The van der Waals surface area contributed by atoms with Crippen molar-refractivity contribution in [3.8, 4) is 0 Å². The van der Waals surface area contributed by atoms with Crippen LogP contribution in [0.15, 0.2) is 35.5 Å². The molecule has 0 fully saturated rings. The van der Waals surface area contributed by atoms with Crippen LogP contribution < -0.4 is 10.1 Å². The van der Waals surface area contributed by atoms with Crippen LogP contribution in [0.2, 0.25) is 0 Å². The Morgan fingerprint density at radius 3 is 2.45 bits per heavy atom. The average molecular weight is 317 g/mol. The lowest BCUT2D eigenvalue weighted by Gasteiger charge is -2.11. The Morgan fingerprint density at radius 2 is 1.86 bits per heavy atom. The fourth-order valence-electron chi connectivity index (χ4n) is 2.01. The molecule has 1 aromatic heterocycles. The Bertz CT molecular complexity index is 756. The molecule has 0 saturated heterocycles. The molecular formula is C16H19N3O2S. The minimum absolute atomic E-state index is 0.123. The minimum atomic E-state index is -0.417. The lowest BCUT2D eigenvalue weighted by Crippen LogP contribution is -2.32. The zero-order chi connectivity index (χ0) is 16.3. The zero-order valence-corrected chi connectivity index (χ0v) is 13.9. The van der Waals surface area contributed by atoms with Crippen LogP contribution in [0.3, 0.4) is 0 Å². The maximum absolute atomic E-state index is 12.3. The number of rotatable bonds is 3. The predicted molar refractivity (Wildman–Crippen MR) is 86.9 cm³/mol. The van der Waals surface area contributed by atoms with Gasteiger partial charge >= 0.3 is 0 Å². The summed E-state index contributed by atoms with van der Waals surface area (Å²) in [5.41, 5.74) is 1.63.